The second-order valence-corrected chi connectivity index (χ2v) is 6.46. The third kappa shape index (κ3) is 4.04. The smallest absolute Gasteiger partial charge is 0.0471 e. The first-order valence-electron chi connectivity index (χ1n) is 5.86. The summed E-state index contributed by atoms with van der Waals surface area (Å²) < 4.78 is 0. The van der Waals surface area contributed by atoms with Crippen molar-refractivity contribution < 1.29 is 5.11 Å². The van der Waals surface area contributed by atoms with E-state index in [0.29, 0.717) is 23.9 Å². The van der Waals surface area contributed by atoms with Crippen molar-refractivity contribution in [2.45, 2.75) is 27.2 Å². The molecule has 90 valence electrons. The van der Waals surface area contributed by atoms with E-state index in [1.807, 2.05) is 0 Å². The van der Waals surface area contributed by atoms with E-state index in [4.69, 9.17) is 5.11 Å². The lowest BCUT2D eigenvalue weighted by atomic mass is 9.82. The highest BCUT2D eigenvalue weighted by molar-refractivity contribution is 9.09. The Morgan fingerprint density at radius 1 is 1.47 bits per heavy atom. The quantitative estimate of drug-likeness (QED) is 0.798. The molecule has 0 saturated carbocycles. The largest absolute Gasteiger partial charge is 0.396 e. The van der Waals surface area contributed by atoms with Crippen molar-refractivity contribution in [2.75, 3.05) is 31.6 Å². The third-order valence-electron chi connectivity index (χ3n) is 3.52. The van der Waals surface area contributed by atoms with E-state index in [-0.39, 0.29) is 0 Å². The Labute approximate surface area is 102 Å². The van der Waals surface area contributed by atoms with Crippen molar-refractivity contribution in [1.29, 1.82) is 0 Å². The van der Waals surface area contributed by atoms with Crippen LogP contribution in [0.15, 0.2) is 0 Å². The molecule has 0 aromatic heterocycles. The van der Waals surface area contributed by atoms with E-state index < -0.39 is 0 Å². The number of alkyl halides is 1. The van der Waals surface area contributed by atoms with Crippen LogP contribution in [0.3, 0.4) is 0 Å². The number of aliphatic hydroxyl groups is 1. The van der Waals surface area contributed by atoms with Gasteiger partial charge in [-0.1, -0.05) is 36.7 Å². The topological polar surface area (TPSA) is 23.5 Å². The lowest BCUT2D eigenvalue weighted by Gasteiger charge is -2.32. The first-order chi connectivity index (χ1) is 6.97. The summed E-state index contributed by atoms with van der Waals surface area (Å²) in [5, 5.41) is 10.2. The van der Waals surface area contributed by atoms with Gasteiger partial charge >= 0.3 is 0 Å². The molecule has 1 fully saturated rings. The van der Waals surface area contributed by atoms with Crippen molar-refractivity contribution >= 4 is 15.9 Å². The fourth-order valence-electron chi connectivity index (χ4n) is 2.09. The lowest BCUT2D eigenvalue weighted by molar-refractivity contribution is 0.173. The number of rotatable bonds is 4. The van der Waals surface area contributed by atoms with Crippen LogP contribution in [0.2, 0.25) is 0 Å². The van der Waals surface area contributed by atoms with Gasteiger partial charge in [0.25, 0.3) is 0 Å². The lowest BCUT2D eigenvalue weighted by Crippen LogP contribution is -2.35. The summed E-state index contributed by atoms with van der Waals surface area (Å²) in [6, 6.07) is 0. The van der Waals surface area contributed by atoms with Crippen molar-refractivity contribution in [3.8, 4) is 0 Å². The molecule has 0 aromatic carbocycles. The molecule has 0 radical (unpaired) electrons. The molecule has 1 N–H and O–H groups in total. The Morgan fingerprint density at radius 2 is 2.13 bits per heavy atom. The number of nitrogens with zero attached hydrogens (tertiary/aromatic N) is 1. The van der Waals surface area contributed by atoms with Gasteiger partial charge in [-0.25, -0.2) is 0 Å². The molecule has 0 amide bonds. The van der Waals surface area contributed by atoms with Crippen molar-refractivity contribution in [1.82, 2.24) is 4.90 Å². The van der Waals surface area contributed by atoms with E-state index in [1.54, 1.807) is 0 Å². The molecule has 1 saturated heterocycles. The Morgan fingerprint density at radius 3 is 2.53 bits per heavy atom. The molecule has 2 atom stereocenters. The van der Waals surface area contributed by atoms with E-state index >= 15 is 0 Å². The van der Waals surface area contributed by atoms with Gasteiger partial charge < -0.3 is 10.0 Å². The molecule has 0 bridgehead atoms. The maximum atomic E-state index is 9.10. The molecule has 2 unspecified atom stereocenters. The molecule has 1 aliphatic heterocycles. The molecule has 15 heavy (non-hydrogen) atoms. The molecule has 1 rings (SSSR count). The van der Waals surface area contributed by atoms with Crippen molar-refractivity contribution in [2.24, 2.45) is 17.3 Å². The van der Waals surface area contributed by atoms with Crippen molar-refractivity contribution in [3.05, 3.63) is 0 Å². The molecular weight excluding hydrogens is 254 g/mol. The maximum absolute atomic E-state index is 9.10. The zero-order valence-electron chi connectivity index (χ0n) is 10.2. The first kappa shape index (κ1) is 13.5. The molecule has 2 nitrogen and oxygen atoms in total. The van der Waals surface area contributed by atoms with Crippen LogP contribution < -0.4 is 0 Å². The van der Waals surface area contributed by atoms with Gasteiger partial charge in [0.2, 0.25) is 0 Å². The summed E-state index contributed by atoms with van der Waals surface area (Å²) in [5.41, 5.74) is 0.362. The van der Waals surface area contributed by atoms with Crippen LogP contribution >= 0.6 is 15.9 Å². The fraction of sp³-hybridized carbons (Fsp3) is 1.00. The van der Waals surface area contributed by atoms with Crippen LogP contribution in [0.4, 0.5) is 0 Å². The summed E-state index contributed by atoms with van der Waals surface area (Å²) >= 11 is 3.62. The summed E-state index contributed by atoms with van der Waals surface area (Å²) in [6.45, 7) is 10.7. The molecule has 0 spiro atoms. The predicted octanol–water partition coefficient (Wildman–Crippen LogP) is 2.36. The Balaban J connectivity index is 2.40. The summed E-state index contributed by atoms with van der Waals surface area (Å²) in [4.78, 5) is 2.50. The van der Waals surface area contributed by atoms with Crippen LogP contribution in [0.5, 0.6) is 0 Å². The predicted molar refractivity (Wildman–Crippen MR) is 68.4 cm³/mol. The number of hydrogen-bond donors (Lipinski definition) is 1. The van der Waals surface area contributed by atoms with Gasteiger partial charge in [0, 0.05) is 25.0 Å². The van der Waals surface area contributed by atoms with Crippen molar-refractivity contribution in [3.63, 3.8) is 0 Å². The molecule has 1 aliphatic rings. The number of hydrogen-bond acceptors (Lipinski definition) is 2. The van der Waals surface area contributed by atoms with Crippen LogP contribution in [0.1, 0.15) is 27.2 Å². The monoisotopic (exact) mass is 277 g/mol. The van der Waals surface area contributed by atoms with E-state index in [0.717, 1.165) is 31.4 Å². The fourth-order valence-corrected chi connectivity index (χ4v) is 3.27. The SMILES string of the molecule is CC(C)(C)C(CBr)CN1CCC(CO)C1. The second-order valence-electron chi connectivity index (χ2n) is 5.81. The van der Waals surface area contributed by atoms with Crippen LogP contribution in [0.25, 0.3) is 0 Å². The molecular formula is C12H24BrNO. The van der Waals surface area contributed by atoms with Gasteiger partial charge in [-0.3, -0.25) is 0 Å². The van der Waals surface area contributed by atoms with E-state index in [1.165, 1.54) is 0 Å². The van der Waals surface area contributed by atoms with Gasteiger partial charge in [0.1, 0.15) is 0 Å². The summed E-state index contributed by atoms with van der Waals surface area (Å²) in [5.74, 6) is 1.20. The van der Waals surface area contributed by atoms with Gasteiger partial charge in [-0.15, -0.1) is 0 Å². The molecule has 0 aliphatic carbocycles. The maximum Gasteiger partial charge on any atom is 0.0471 e. The average Bonchev–Trinajstić information content (AvgIpc) is 2.59. The zero-order chi connectivity index (χ0) is 11.5. The Kier molecular flexibility index (Phi) is 5.07. The highest BCUT2D eigenvalue weighted by Crippen LogP contribution is 2.29. The number of halogens is 1. The minimum Gasteiger partial charge on any atom is -0.396 e. The summed E-state index contributed by atoms with van der Waals surface area (Å²) in [6.07, 6.45) is 1.16. The van der Waals surface area contributed by atoms with Crippen LogP contribution in [0, 0.1) is 17.3 Å². The second kappa shape index (κ2) is 5.65. The van der Waals surface area contributed by atoms with Gasteiger partial charge in [0.05, 0.1) is 0 Å². The molecule has 3 heteroatoms. The zero-order valence-corrected chi connectivity index (χ0v) is 11.8. The minimum absolute atomic E-state index is 0.352. The van der Waals surface area contributed by atoms with E-state index in [2.05, 4.69) is 41.6 Å². The average molecular weight is 278 g/mol. The normalized spacial score (nSPS) is 25.8. The highest BCUT2D eigenvalue weighted by atomic mass is 79.9. The first-order valence-corrected chi connectivity index (χ1v) is 6.98. The summed E-state index contributed by atoms with van der Waals surface area (Å²) in [7, 11) is 0. The molecule has 0 aromatic rings. The van der Waals surface area contributed by atoms with Gasteiger partial charge in [-0.05, 0) is 30.2 Å². The Hall–Kier alpha value is 0.400. The Bertz CT molecular complexity index is 191. The number of aliphatic hydroxyl groups excluding tert-OH is 1. The van der Waals surface area contributed by atoms with Gasteiger partial charge in [0.15, 0.2) is 0 Å². The van der Waals surface area contributed by atoms with Crippen LogP contribution in [-0.2, 0) is 0 Å². The standard InChI is InChI=1S/C12H24BrNO/c1-12(2,3)11(6-13)8-14-5-4-10(7-14)9-15/h10-11,15H,4-9H2,1-3H3. The highest BCUT2D eigenvalue weighted by Gasteiger charge is 2.29. The minimum atomic E-state index is 0.352. The van der Waals surface area contributed by atoms with Gasteiger partial charge in [-0.2, -0.15) is 0 Å². The number of likely N-dealkylation sites (tertiary alicyclic amines) is 1. The third-order valence-corrected chi connectivity index (χ3v) is 4.30. The van der Waals surface area contributed by atoms with Crippen LogP contribution in [-0.4, -0.2) is 41.6 Å². The molecule has 1 heterocycles. The van der Waals surface area contributed by atoms with E-state index in [9.17, 15) is 0 Å².